The quantitative estimate of drug-likeness (QED) is 0.880. The summed E-state index contributed by atoms with van der Waals surface area (Å²) in [6.07, 6.45) is 0. The molecule has 0 spiro atoms. The molecule has 0 atom stereocenters. The van der Waals surface area contributed by atoms with E-state index in [1.807, 2.05) is 51.1 Å². The van der Waals surface area contributed by atoms with Crippen LogP contribution in [0.1, 0.15) is 27.0 Å². The van der Waals surface area contributed by atoms with Gasteiger partial charge in [-0.05, 0) is 44.5 Å². The lowest BCUT2D eigenvalue weighted by Crippen LogP contribution is -2.21. The zero-order chi connectivity index (χ0) is 16.1. The number of hydrogen-bond donors (Lipinski definition) is 1. The Balaban J connectivity index is 1.89. The third-order valence-corrected chi connectivity index (χ3v) is 3.28. The number of nitrogens with one attached hydrogen (secondary N) is 1. The number of amides is 1. The predicted octanol–water partition coefficient (Wildman–Crippen LogP) is 3.41. The number of aryl methyl sites for hydroxylation is 3. The van der Waals surface area contributed by atoms with Crippen molar-refractivity contribution in [1.82, 2.24) is 0 Å². The van der Waals surface area contributed by atoms with Gasteiger partial charge in [0.15, 0.2) is 6.61 Å². The molecule has 0 bridgehead atoms. The van der Waals surface area contributed by atoms with Gasteiger partial charge in [-0.1, -0.05) is 35.4 Å². The molecule has 0 aliphatic heterocycles. The number of ether oxygens (including phenoxy) is 1. The summed E-state index contributed by atoms with van der Waals surface area (Å²) in [5.74, 6) is -0.858. The monoisotopic (exact) mass is 297 g/mol. The highest BCUT2D eigenvalue weighted by Crippen LogP contribution is 2.15. The van der Waals surface area contributed by atoms with Gasteiger partial charge < -0.3 is 10.1 Å². The standard InChI is InChI=1S/C18H19NO3/c1-12-4-7-15(8-5-12)18(21)22-11-17(20)19-16-9-6-13(2)10-14(16)3/h4-10H,11H2,1-3H3,(H,19,20). The molecule has 1 N–H and O–H groups in total. The zero-order valence-electron chi connectivity index (χ0n) is 13.0. The zero-order valence-corrected chi connectivity index (χ0v) is 13.0. The Labute approximate surface area is 130 Å². The Morgan fingerprint density at radius 2 is 1.59 bits per heavy atom. The first kappa shape index (κ1) is 15.8. The van der Waals surface area contributed by atoms with Crippen LogP contribution in [-0.4, -0.2) is 18.5 Å². The Morgan fingerprint density at radius 1 is 0.955 bits per heavy atom. The van der Waals surface area contributed by atoms with Crippen LogP contribution < -0.4 is 5.32 Å². The maximum atomic E-state index is 11.9. The van der Waals surface area contributed by atoms with Crippen LogP contribution in [0.15, 0.2) is 42.5 Å². The molecule has 0 unspecified atom stereocenters. The molecule has 0 heterocycles. The van der Waals surface area contributed by atoms with Gasteiger partial charge in [-0.25, -0.2) is 4.79 Å². The molecular formula is C18H19NO3. The maximum Gasteiger partial charge on any atom is 0.338 e. The first-order valence-corrected chi connectivity index (χ1v) is 7.06. The summed E-state index contributed by atoms with van der Waals surface area (Å²) < 4.78 is 5.01. The SMILES string of the molecule is Cc1ccc(C(=O)OCC(=O)Nc2ccc(C)cc2C)cc1. The van der Waals surface area contributed by atoms with Crippen LogP contribution in [0.4, 0.5) is 5.69 Å². The van der Waals surface area contributed by atoms with Crippen molar-refractivity contribution in [3.8, 4) is 0 Å². The lowest BCUT2D eigenvalue weighted by Gasteiger charge is -2.09. The second-order valence-electron chi connectivity index (χ2n) is 5.31. The summed E-state index contributed by atoms with van der Waals surface area (Å²) in [5.41, 5.74) is 4.32. The van der Waals surface area contributed by atoms with Crippen molar-refractivity contribution in [3.63, 3.8) is 0 Å². The fourth-order valence-corrected chi connectivity index (χ4v) is 2.04. The average Bonchev–Trinajstić information content (AvgIpc) is 2.48. The lowest BCUT2D eigenvalue weighted by molar-refractivity contribution is -0.119. The summed E-state index contributed by atoms with van der Waals surface area (Å²) in [4.78, 5) is 23.7. The number of carbonyl (C=O) groups excluding carboxylic acids is 2. The molecule has 0 aromatic heterocycles. The van der Waals surface area contributed by atoms with Gasteiger partial charge in [-0.3, -0.25) is 4.79 Å². The van der Waals surface area contributed by atoms with E-state index < -0.39 is 5.97 Å². The van der Waals surface area contributed by atoms with Crippen molar-refractivity contribution in [2.75, 3.05) is 11.9 Å². The predicted molar refractivity (Wildman–Crippen MR) is 86.0 cm³/mol. The largest absolute Gasteiger partial charge is 0.452 e. The summed E-state index contributed by atoms with van der Waals surface area (Å²) in [6, 6.07) is 12.7. The molecule has 1 amide bonds. The minimum atomic E-state index is -0.504. The van der Waals surface area contributed by atoms with Gasteiger partial charge in [-0.15, -0.1) is 0 Å². The summed E-state index contributed by atoms with van der Waals surface area (Å²) in [7, 11) is 0. The van der Waals surface area contributed by atoms with Crippen molar-refractivity contribution in [3.05, 3.63) is 64.7 Å². The summed E-state index contributed by atoms with van der Waals surface area (Å²) >= 11 is 0. The third kappa shape index (κ3) is 4.19. The molecule has 0 saturated heterocycles. The van der Waals surface area contributed by atoms with Gasteiger partial charge in [0, 0.05) is 5.69 Å². The van der Waals surface area contributed by atoms with E-state index >= 15 is 0 Å². The van der Waals surface area contributed by atoms with E-state index in [-0.39, 0.29) is 12.5 Å². The highest BCUT2D eigenvalue weighted by Gasteiger charge is 2.10. The van der Waals surface area contributed by atoms with E-state index in [4.69, 9.17) is 4.74 Å². The molecule has 2 aromatic rings. The minimum Gasteiger partial charge on any atom is -0.452 e. The normalized spacial score (nSPS) is 10.1. The van der Waals surface area contributed by atoms with Crippen molar-refractivity contribution in [2.45, 2.75) is 20.8 Å². The second-order valence-corrected chi connectivity index (χ2v) is 5.31. The topological polar surface area (TPSA) is 55.4 Å². The van der Waals surface area contributed by atoms with Crippen LogP contribution in [0.3, 0.4) is 0 Å². The van der Waals surface area contributed by atoms with Gasteiger partial charge in [0.1, 0.15) is 0 Å². The molecule has 0 fully saturated rings. The highest BCUT2D eigenvalue weighted by molar-refractivity contribution is 5.95. The highest BCUT2D eigenvalue weighted by atomic mass is 16.5. The molecule has 2 aromatic carbocycles. The Hall–Kier alpha value is -2.62. The molecule has 22 heavy (non-hydrogen) atoms. The molecule has 0 radical (unpaired) electrons. The number of esters is 1. The number of carbonyl (C=O) groups is 2. The molecule has 0 aliphatic rings. The molecule has 0 aliphatic carbocycles. The molecule has 0 saturated carbocycles. The van der Waals surface area contributed by atoms with Gasteiger partial charge >= 0.3 is 5.97 Å². The minimum absolute atomic E-state index is 0.306. The number of rotatable bonds is 4. The van der Waals surface area contributed by atoms with Gasteiger partial charge in [-0.2, -0.15) is 0 Å². The van der Waals surface area contributed by atoms with Crippen LogP contribution in [0.5, 0.6) is 0 Å². The third-order valence-electron chi connectivity index (χ3n) is 3.28. The van der Waals surface area contributed by atoms with Crippen LogP contribution in [0.2, 0.25) is 0 Å². The van der Waals surface area contributed by atoms with E-state index in [0.717, 1.165) is 22.4 Å². The van der Waals surface area contributed by atoms with E-state index in [1.54, 1.807) is 12.1 Å². The number of hydrogen-bond acceptors (Lipinski definition) is 3. The first-order valence-electron chi connectivity index (χ1n) is 7.06. The van der Waals surface area contributed by atoms with Crippen molar-refractivity contribution < 1.29 is 14.3 Å². The van der Waals surface area contributed by atoms with Crippen molar-refractivity contribution in [2.24, 2.45) is 0 Å². The first-order chi connectivity index (χ1) is 10.5. The molecule has 4 heteroatoms. The fraction of sp³-hybridized carbons (Fsp3) is 0.222. The average molecular weight is 297 g/mol. The van der Waals surface area contributed by atoms with E-state index in [1.165, 1.54) is 0 Å². The van der Waals surface area contributed by atoms with Gasteiger partial charge in [0.25, 0.3) is 5.91 Å². The van der Waals surface area contributed by atoms with E-state index in [0.29, 0.717) is 5.56 Å². The molecule has 4 nitrogen and oxygen atoms in total. The second kappa shape index (κ2) is 6.89. The molecular weight excluding hydrogens is 278 g/mol. The van der Waals surface area contributed by atoms with Crippen LogP contribution in [-0.2, 0) is 9.53 Å². The molecule has 114 valence electrons. The molecule has 2 rings (SSSR count). The number of anilines is 1. The van der Waals surface area contributed by atoms with Gasteiger partial charge in [0.2, 0.25) is 0 Å². The smallest absolute Gasteiger partial charge is 0.338 e. The van der Waals surface area contributed by atoms with Crippen LogP contribution >= 0.6 is 0 Å². The Kier molecular flexibility index (Phi) is 4.94. The summed E-state index contributed by atoms with van der Waals surface area (Å²) in [6.45, 7) is 5.54. The van der Waals surface area contributed by atoms with Crippen LogP contribution in [0, 0.1) is 20.8 Å². The Morgan fingerprint density at radius 3 is 2.23 bits per heavy atom. The maximum absolute atomic E-state index is 11.9. The van der Waals surface area contributed by atoms with E-state index in [2.05, 4.69) is 5.32 Å². The van der Waals surface area contributed by atoms with Crippen LogP contribution in [0.25, 0.3) is 0 Å². The lowest BCUT2D eigenvalue weighted by atomic mass is 10.1. The fourth-order valence-electron chi connectivity index (χ4n) is 2.04. The van der Waals surface area contributed by atoms with Crippen molar-refractivity contribution >= 4 is 17.6 Å². The number of benzene rings is 2. The Bertz CT molecular complexity index is 690. The summed E-state index contributed by atoms with van der Waals surface area (Å²) in [5, 5.41) is 2.74. The van der Waals surface area contributed by atoms with E-state index in [9.17, 15) is 9.59 Å². The van der Waals surface area contributed by atoms with Crippen molar-refractivity contribution in [1.29, 1.82) is 0 Å². The van der Waals surface area contributed by atoms with Gasteiger partial charge in [0.05, 0.1) is 5.56 Å².